The van der Waals surface area contributed by atoms with Crippen molar-refractivity contribution in [3.8, 4) is 5.75 Å². The lowest BCUT2D eigenvalue weighted by Gasteiger charge is -2.14. The topological polar surface area (TPSA) is 49.4 Å². The molecule has 0 aliphatic rings. The molecule has 0 aromatic heterocycles. The lowest BCUT2D eigenvalue weighted by Crippen LogP contribution is -2.14. The minimum Gasteiger partial charge on any atom is -0.740 e. The predicted octanol–water partition coefficient (Wildman–Crippen LogP) is 2.10. The first-order valence-electron chi connectivity index (χ1n) is 3.91. The molecule has 0 saturated heterocycles. The van der Waals surface area contributed by atoms with E-state index in [2.05, 4.69) is 4.18 Å². The maximum absolute atomic E-state index is 13.0. The molecule has 1 atom stereocenters. The van der Waals surface area contributed by atoms with Crippen molar-refractivity contribution in [3.63, 3.8) is 0 Å². The predicted molar refractivity (Wildman–Crippen MR) is 45.7 cm³/mol. The van der Waals surface area contributed by atoms with Crippen LogP contribution in [0.2, 0.25) is 0 Å². The standard InChI is InChI=1S/C8H6F4O3S/c9-6-2-1-3-7(15-16(13)14)5(6)4-8(10,11)12/h1-3H,4H2,(H,13,14)/p-1. The Balaban J connectivity index is 3.08. The second kappa shape index (κ2) is 4.79. The van der Waals surface area contributed by atoms with E-state index in [4.69, 9.17) is 0 Å². The van der Waals surface area contributed by atoms with Gasteiger partial charge in [-0.2, -0.15) is 13.2 Å². The van der Waals surface area contributed by atoms with Crippen LogP contribution in [0.1, 0.15) is 5.56 Å². The van der Waals surface area contributed by atoms with Crippen molar-refractivity contribution in [1.82, 2.24) is 0 Å². The van der Waals surface area contributed by atoms with Gasteiger partial charge >= 0.3 is 6.18 Å². The zero-order chi connectivity index (χ0) is 12.3. The van der Waals surface area contributed by atoms with Gasteiger partial charge in [-0.05, 0) is 12.1 Å². The van der Waals surface area contributed by atoms with Crippen LogP contribution in [0.4, 0.5) is 17.6 Å². The van der Waals surface area contributed by atoms with Crippen LogP contribution in [-0.2, 0) is 17.8 Å². The van der Waals surface area contributed by atoms with E-state index in [1.807, 2.05) is 0 Å². The fourth-order valence-corrected chi connectivity index (χ4v) is 1.37. The molecule has 1 aromatic rings. The maximum Gasteiger partial charge on any atom is 0.393 e. The third-order valence-electron chi connectivity index (χ3n) is 1.61. The lowest BCUT2D eigenvalue weighted by molar-refractivity contribution is -0.127. The zero-order valence-electron chi connectivity index (χ0n) is 7.58. The van der Waals surface area contributed by atoms with Gasteiger partial charge in [0.1, 0.15) is 22.9 Å². The first-order valence-corrected chi connectivity index (χ1v) is 4.91. The molecule has 0 amide bonds. The summed E-state index contributed by atoms with van der Waals surface area (Å²) in [5, 5.41) is 0. The molecular weight excluding hydrogens is 252 g/mol. The molecular formula is C8H5F4O3S-. The van der Waals surface area contributed by atoms with Gasteiger partial charge in [0.15, 0.2) is 0 Å². The Bertz CT molecular complexity index is 405. The number of hydrogen-bond acceptors (Lipinski definition) is 3. The van der Waals surface area contributed by atoms with E-state index >= 15 is 0 Å². The third-order valence-corrected chi connectivity index (χ3v) is 1.93. The van der Waals surface area contributed by atoms with Gasteiger partial charge in [0.2, 0.25) is 0 Å². The van der Waals surface area contributed by atoms with Crippen LogP contribution in [0.3, 0.4) is 0 Å². The summed E-state index contributed by atoms with van der Waals surface area (Å²) in [6.45, 7) is 0. The second-order valence-corrected chi connectivity index (χ2v) is 3.37. The van der Waals surface area contributed by atoms with Gasteiger partial charge in [-0.15, -0.1) is 0 Å². The summed E-state index contributed by atoms with van der Waals surface area (Å²) in [7, 11) is 0. The van der Waals surface area contributed by atoms with Crippen molar-refractivity contribution >= 4 is 11.4 Å². The molecule has 0 aliphatic heterocycles. The van der Waals surface area contributed by atoms with Crippen molar-refractivity contribution in [2.45, 2.75) is 12.6 Å². The van der Waals surface area contributed by atoms with E-state index in [1.165, 1.54) is 0 Å². The Morgan fingerprint density at radius 3 is 2.50 bits per heavy atom. The van der Waals surface area contributed by atoms with Crippen LogP contribution in [-0.4, -0.2) is 14.9 Å². The van der Waals surface area contributed by atoms with Crippen molar-refractivity contribution in [2.75, 3.05) is 0 Å². The Hall–Kier alpha value is -1.15. The highest BCUT2D eigenvalue weighted by atomic mass is 32.2. The minimum absolute atomic E-state index is 0.661. The smallest absolute Gasteiger partial charge is 0.393 e. The summed E-state index contributed by atoms with van der Waals surface area (Å²) in [4.78, 5) is 0. The Kier molecular flexibility index (Phi) is 3.87. The maximum atomic E-state index is 13.0. The highest BCUT2D eigenvalue weighted by molar-refractivity contribution is 7.74. The number of hydrogen-bond donors (Lipinski definition) is 0. The highest BCUT2D eigenvalue weighted by Gasteiger charge is 2.31. The van der Waals surface area contributed by atoms with Gasteiger partial charge in [-0.3, -0.25) is 0 Å². The molecule has 0 N–H and O–H groups in total. The Morgan fingerprint density at radius 1 is 1.38 bits per heavy atom. The first kappa shape index (κ1) is 12.9. The number of rotatable bonds is 3. The lowest BCUT2D eigenvalue weighted by atomic mass is 10.1. The average molecular weight is 257 g/mol. The van der Waals surface area contributed by atoms with Gasteiger partial charge in [-0.1, -0.05) is 6.07 Å². The number of halogens is 4. The largest absolute Gasteiger partial charge is 0.740 e. The fourth-order valence-electron chi connectivity index (χ4n) is 1.06. The number of alkyl halides is 3. The molecule has 16 heavy (non-hydrogen) atoms. The summed E-state index contributed by atoms with van der Waals surface area (Å²) in [6, 6.07) is 2.79. The Morgan fingerprint density at radius 2 is 2.00 bits per heavy atom. The molecule has 90 valence electrons. The van der Waals surface area contributed by atoms with Crippen molar-refractivity contribution in [3.05, 3.63) is 29.6 Å². The normalized spacial score (nSPS) is 13.6. The highest BCUT2D eigenvalue weighted by Crippen LogP contribution is 2.29. The summed E-state index contributed by atoms with van der Waals surface area (Å²) < 4.78 is 73.6. The molecule has 0 aliphatic carbocycles. The minimum atomic E-state index is -4.65. The molecule has 0 heterocycles. The van der Waals surface area contributed by atoms with Crippen LogP contribution in [0.25, 0.3) is 0 Å². The van der Waals surface area contributed by atoms with Crippen LogP contribution in [0, 0.1) is 5.82 Å². The van der Waals surface area contributed by atoms with Crippen LogP contribution < -0.4 is 4.18 Å². The monoisotopic (exact) mass is 257 g/mol. The van der Waals surface area contributed by atoms with E-state index in [0.717, 1.165) is 18.2 Å². The van der Waals surface area contributed by atoms with E-state index in [-0.39, 0.29) is 0 Å². The van der Waals surface area contributed by atoms with E-state index in [9.17, 15) is 26.3 Å². The molecule has 0 radical (unpaired) electrons. The molecule has 0 saturated carbocycles. The summed E-state index contributed by atoms with van der Waals surface area (Å²) in [6.07, 6.45) is -6.24. The molecule has 1 unspecified atom stereocenters. The van der Waals surface area contributed by atoms with E-state index < -0.39 is 41.1 Å². The molecule has 0 spiro atoms. The van der Waals surface area contributed by atoms with E-state index in [1.54, 1.807) is 0 Å². The van der Waals surface area contributed by atoms with Crippen molar-refractivity contribution < 1.29 is 30.5 Å². The number of benzene rings is 1. The van der Waals surface area contributed by atoms with Crippen molar-refractivity contribution in [1.29, 1.82) is 0 Å². The molecule has 3 nitrogen and oxygen atoms in total. The van der Waals surface area contributed by atoms with E-state index in [0.29, 0.717) is 0 Å². The van der Waals surface area contributed by atoms with Crippen LogP contribution in [0.5, 0.6) is 5.75 Å². The molecule has 1 aromatic carbocycles. The SMILES string of the molecule is O=S([O-])Oc1cccc(F)c1CC(F)(F)F. The third kappa shape index (κ3) is 3.78. The quantitative estimate of drug-likeness (QED) is 0.615. The zero-order valence-corrected chi connectivity index (χ0v) is 8.40. The summed E-state index contributed by atoms with van der Waals surface area (Å²) >= 11 is -3.05. The van der Waals surface area contributed by atoms with Gasteiger partial charge in [0, 0.05) is 5.56 Å². The van der Waals surface area contributed by atoms with Crippen LogP contribution in [0.15, 0.2) is 18.2 Å². The van der Waals surface area contributed by atoms with Gasteiger partial charge in [0.25, 0.3) is 0 Å². The van der Waals surface area contributed by atoms with Crippen molar-refractivity contribution in [2.24, 2.45) is 0 Å². The van der Waals surface area contributed by atoms with Gasteiger partial charge < -0.3 is 8.74 Å². The van der Waals surface area contributed by atoms with Crippen LogP contribution >= 0.6 is 0 Å². The molecule has 8 heteroatoms. The van der Waals surface area contributed by atoms with Gasteiger partial charge in [-0.25, -0.2) is 8.60 Å². The summed E-state index contributed by atoms with van der Waals surface area (Å²) in [5.74, 6) is -1.83. The Labute approximate surface area is 90.5 Å². The van der Waals surface area contributed by atoms with Gasteiger partial charge in [0.05, 0.1) is 6.42 Å². The second-order valence-electron chi connectivity index (χ2n) is 2.80. The average Bonchev–Trinajstić information content (AvgIpc) is 2.08. The first-order chi connectivity index (χ1) is 7.29. The molecule has 1 rings (SSSR count). The molecule has 0 fully saturated rings. The summed E-state index contributed by atoms with van der Waals surface area (Å²) in [5.41, 5.74) is -0.834. The fraction of sp³-hybridized carbons (Fsp3) is 0.250. The molecule has 0 bridgehead atoms.